The van der Waals surface area contributed by atoms with Gasteiger partial charge >= 0.3 is 0 Å². The Kier molecular flexibility index (Phi) is 6.34. The first kappa shape index (κ1) is 21.1. The minimum Gasteiger partial charge on any atom is -0.349 e. The van der Waals surface area contributed by atoms with Crippen molar-refractivity contribution in [1.29, 1.82) is 0 Å². The van der Waals surface area contributed by atoms with Crippen molar-refractivity contribution in [2.24, 2.45) is 5.92 Å². The lowest BCUT2D eigenvalue weighted by atomic mass is 10.2. The Balaban J connectivity index is 1.78. The van der Waals surface area contributed by atoms with Gasteiger partial charge in [-0.3, -0.25) is 4.79 Å². The number of hydrogen-bond acceptors (Lipinski definition) is 5. The van der Waals surface area contributed by atoms with Gasteiger partial charge in [0.05, 0.1) is 10.0 Å². The fourth-order valence-corrected chi connectivity index (χ4v) is 5.31. The van der Waals surface area contributed by atoms with Gasteiger partial charge in [0.25, 0.3) is 5.56 Å². The fourth-order valence-electron chi connectivity index (χ4n) is 3.15. The Bertz CT molecular complexity index is 1020. The first-order valence-corrected chi connectivity index (χ1v) is 11.2. The molecule has 0 amide bonds. The van der Waals surface area contributed by atoms with E-state index in [9.17, 15) is 13.2 Å². The zero-order valence-electron chi connectivity index (χ0n) is 15.7. The van der Waals surface area contributed by atoms with E-state index in [0.29, 0.717) is 31.4 Å². The molecule has 3 rings (SSSR count). The predicted octanol–water partition coefficient (Wildman–Crippen LogP) is 2.72. The summed E-state index contributed by atoms with van der Waals surface area (Å²) in [6.07, 6.45) is 3.28. The number of rotatable bonds is 5. The van der Waals surface area contributed by atoms with Gasteiger partial charge in [0.15, 0.2) is 5.82 Å². The smallest absolute Gasteiger partial charge is 0.293 e. The molecule has 0 aliphatic carbocycles. The molecular weight excluding hydrogens is 423 g/mol. The molecule has 1 aliphatic heterocycles. The summed E-state index contributed by atoms with van der Waals surface area (Å²) in [7, 11) is -3.77. The van der Waals surface area contributed by atoms with Gasteiger partial charge in [0, 0.05) is 45.1 Å². The summed E-state index contributed by atoms with van der Waals surface area (Å²) < 4.78 is 28.9. The number of aromatic nitrogens is 2. The van der Waals surface area contributed by atoms with Crippen molar-refractivity contribution in [2.45, 2.75) is 25.3 Å². The van der Waals surface area contributed by atoms with Gasteiger partial charge in [-0.05, 0) is 18.1 Å². The summed E-state index contributed by atoms with van der Waals surface area (Å²) in [5, 5.41) is 0.216. The Morgan fingerprint density at radius 1 is 1.14 bits per heavy atom. The van der Waals surface area contributed by atoms with Crippen molar-refractivity contribution in [3.8, 4) is 0 Å². The summed E-state index contributed by atoms with van der Waals surface area (Å²) in [6.45, 7) is 5.87. The van der Waals surface area contributed by atoms with Crippen molar-refractivity contribution in [3.05, 3.63) is 51.0 Å². The van der Waals surface area contributed by atoms with Crippen LogP contribution in [0.25, 0.3) is 0 Å². The average molecular weight is 445 g/mol. The molecule has 10 heteroatoms. The molecule has 28 heavy (non-hydrogen) atoms. The Hall–Kier alpha value is -1.61. The molecule has 1 saturated heterocycles. The number of hydrogen-bond donors (Lipinski definition) is 0. The summed E-state index contributed by atoms with van der Waals surface area (Å²) in [5.41, 5.74) is -0.162. The highest BCUT2D eigenvalue weighted by Gasteiger charge is 2.31. The van der Waals surface area contributed by atoms with Gasteiger partial charge in [-0.25, -0.2) is 13.4 Å². The minimum atomic E-state index is -3.77. The number of piperazine rings is 1. The molecular formula is C18H22Cl2N4O3S. The van der Waals surface area contributed by atoms with Crippen LogP contribution in [0.2, 0.25) is 10.0 Å². The van der Waals surface area contributed by atoms with Gasteiger partial charge < -0.3 is 9.47 Å². The number of benzene rings is 1. The first-order chi connectivity index (χ1) is 13.2. The maximum Gasteiger partial charge on any atom is 0.293 e. The van der Waals surface area contributed by atoms with Gasteiger partial charge in [-0.15, -0.1) is 0 Å². The van der Waals surface area contributed by atoms with Crippen molar-refractivity contribution in [1.82, 2.24) is 13.9 Å². The predicted molar refractivity (Wildman–Crippen MR) is 111 cm³/mol. The molecule has 0 bridgehead atoms. The van der Waals surface area contributed by atoms with Crippen LogP contribution in [-0.4, -0.2) is 48.5 Å². The lowest BCUT2D eigenvalue weighted by Gasteiger charge is -2.34. The Morgan fingerprint density at radius 2 is 1.82 bits per heavy atom. The molecule has 1 aromatic heterocycles. The summed E-state index contributed by atoms with van der Waals surface area (Å²) in [5.74, 6) is 0.679. The quantitative estimate of drug-likeness (QED) is 0.708. The molecule has 152 valence electrons. The number of sulfonamides is 1. The van der Waals surface area contributed by atoms with Crippen molar-refractivity contribution < 1.29 is 8.42 Å². The molecule has 1 fully saturated rings. The largest absolute Gasteiger partial charge is 0.349 e. The van der Waals surface area contributed by atoms with Crippen LogP contribution in [0.3, 0.4) is 0 Å². The van der Waals surface area contributed by atoms with E-state index in [2.05, 4.69) is 4.98 Å². The van der Waals surface area contributed by atoms with E-state index in [-0.39, 0.29) is 33.6 Å². The van der Waals surface area contributed by atoms with E-state index in [0.717, 1.165) is 0 Å². The fraction of sp³-hybridized carbons (Fsp3) is 0.444. The third-order valence-electron chi connectivity index (χ3n) is 4.53. The van der Waals surface area contributed by atoms with Gasteiger partial charge in [0.2, 0.25) is 10.0 Å². The highest BCUT2D eigenvalue weighted by atomic mass is 35.5. The van der Waals surface area contributed by atoms with Crippen molar-refractivity contribution >= 4 is 39.0 Å². The second-order valence-electron chi connectivity index (χ2n) is 7.05. The molecule has 0 spiro atoms. The molecule has 2 heterocycles. The van der Waals surface area contributed by atoms with E-state index in [4.69, 9.17) is 23.2 Å². The van der Waals surface area contributed by atoms with Crippen LogP contribution >= 0.6 is 23.2 Å². The lowest BCUT2D eigenvalue weighted by Crippen LogP contribution is -2.50. The van der Waals surface area contributed by atoms with E-state index in [1.807, 2.05) is 18.7 Å². The molecule has 2 aromatic rings. The maximum atomic E-state index is 12.9. The van der Waals surface area contributed by atoms with Crippen LogP contribution in [0.5, 0.6) is 0 Å². The summed E-state index contributed by atoms with van der Waals surface area (Å²) in [6, 6.07) is 4.55. The Labute approximate surface area is 174 Å². The van der Waals surface area contributed by atoms with Gasteiger partial charge in [0.1, 0.15) is 4.90 Å². The van der Waals surface area contributed by atoms with Crippen LogP contribution in [0, 0.1) is 5.92 Å². The van der Waals surface area contributed by atoms with E-state index in [1.54, 1.807) is 29.1 Å². The third kappa shape index (κ3) is 4.20. The Morgan fingerprint density at radius 3 is 2.46 bits per heavy atom. The monoisotopic (exact) mass is 444 g/mol. The zero-order chi connectivity index (χ0) is 20.5. The van der Waals surface area contributed by atoms with Crippen molar-refractivity contribution in [2.75, 3.05) is 31.1 Å². The molecule has 0 atom stereocenters. The highest BCUT2D eigenvalue weighted by molar-refractivity contribution is 7.89. The van der Waals surface area contributed by atoms with Crippen LogP contribution in [-0.2, 0) is 16.6 Å². The molecule has 0 unspecified atom stereocenters. The first-order valence-electron chi connectivity index (χ1n) is 8.96. The average Bonchev–Trinajstić information content (AvgIpc) is 2.65. The molecule has 0 saturated carbocycles. The second-order valence-corrected chi connectivity index (χ2v) is 9.74. The van der Waals surface area contributed by atoms with E-state index < -0.39 is 10.0 Å². The van der Waals surface area contributed by atoms with Crippen LogP contribution in [0.1, 0.15) is 13.8 Å². The third-order valence-corrected chi connectivity index (χ3v) is 7.40. The zero-order valence-corrected chi connectivity index (χ0v) is 18.0. The number of halogens is 2. The van der Waals surface area contributed by atoms with Gasteiger partial charge in [-0.1, -0.05) is 43.1 Å². The standard InChI is InChI=1S/C18H22Cl2N4O3S/c1-13(2)12-23-7-6-21-17(18(23)25)22-8-10-24(11-9-22)28(26,27)15-5-3-4-14(19)16(15)20/h3-7,13H,8-12H2,1-2H3. The molecule has 1 aliphatic rings. The summed E-state index contributed by atoms with van der Waals surface area (Å²) in [4.78, 5) is 18.7. The van der Waals surface area contributed by atoms with Crippen LogP contribution in [0.4, 0.5) is 5.82 Å². The molecule has 0 radical (unpaired) electrons. The molecule has 0 N–H and O–H groups in total. The van der Waals surface area contributed by atoms with Crippen LogP contribution in [0.15, 0.2) is 40.3 Å². The highest BCUT2D eigenvalue weighted by Crippen LogP contribution is 2.31. The summed E-state index contributed by atoms with van der Waals surface area (Å²) >= 11 is 12.1. The maximum absolute atomic E-state index is 12.9. The van der Waals surface area contributed by atoms with Gasteiger partial charge in [-0.2, -0.15) is 4.31 Å². The SMILES string of the molecule is CC(C)Cn1ccnc(N2CCN(S(=O)(=O)c3cccc(Cl)c3Cl)CC2)c1=O. The second kappa shape index (κ2) is 8.41. The topological polar surface area (TPSA) is 75.5 Å². The van der Waals surface area contributed by atoms with Crippen LogP contribution < -0.4 is 10.5 Å². The van der Waals surface area contributed by atoms with E-state index >= 15 is 0 Å². The van der Waals surface area contributed by atoms with E-state index in [1.165, 1.54) is 10.4 Å². The lowest BCUT2D eigenvalue weighted by molar-refractivity contribution is 0.382. The number of anilines is 1. The molecule has 1 aromatic carbocycles. The molecule has 7 nitrogen and oxygen atoms in total. The number of nitrogens with zero attached hydrogens (tertiary/aromatic N) is 4. The normalized spacial score (nSPS) is 16.0. The minimum absolute atomic E-state index is 0.00718. The van der Waals surface area contributed by atoms with Crippen molar-refractivity contribution in [3.63, 3.8) is 0 Å².